The molecular weight excluding hydrogens is 380 g/mol. The number of rotatable bonds is 12. The summed E-state index contributed by atoms with van der Waals surface area (Å²) in [7, 11) is 0. The van der Waals surface area contributed by atoms with Crippen molar-refractivity contribution in [2.75, 3.05) is 44.5 Å². The Morgan fingerprint density at radius 2 is 2.00 bits per heavy atom. The Kier molecular flexibility index (Phi) is 7.97. The Bertz CT molecular complexity index is 948. The van der Waals surface area contributed by atoms with Gasteiger partial charge in [-0.1, -0.05) is 24.3 Å². The maximum absolute atomic E-state index is 12.4. The van der Waals surface area contributed by atoms with Crippen molar-refractivity contribution in [2.45, 2.75) is 25.8 Å². The fourth-order valence-corrected chi connectivity index (χ4v) is 3.39. The topological polar surface area (TPSA) is 82.6 Å². The van der Waals surface area contributed by atoms with Crippen molar-refractivity contribution < 1.29 is 19.4 Å². The molecule has 158 valence electrons. The number of allylic oxidation sites excluding steroid dienone is 1. The number of hydrogen-bond acceptors (Lipinski definition) is 6. The lowest BCUT2D eigenvalue weighted by atomic mass is 10.0. The van der Waals surface area contributed by atoms with E-state index >= 15 is 0 Å². The average Bonchev–Trinajstić information content (AvgIpc) is 3.49. The number of ether oxygens (including phenoxy) is 2. The summed E-state index contributed by atoms with van der Waals surface area (Å²) in [5.41, 5.74) is 2.21. The first-order valence-electron chi connectivity index (χ1n) is 10.3. The Balaban J connectivity index is 1.59. The monoisotopic (exact) mass is 408 g/mol. The van der Waals surface area contributed by atoms with Crippen molar-refractivity contribution in [1.29, 1.82) is 5.26 Å². The first kappa shape index (κ1) is 22.0. The Morgan fingerprint density at radius 1 is 1.23 bits per heavy atom. The van der Waals surface area contributed by atoms with Gasteiger partial charge in [0.05, 0.1) is 32.0 Å². The van der Waals surface area contributed by atoms with Crippen LogP contribution in [0.15, 0.2) is 42.0 Å². The number of benzene rings is 2. The zero-order chi connectivity index (χ0) is 21.3. The molecule has 1 aliphatic heterocycles. The van der Waals surface area contributed by atoms with Crippen molar-refractivity contribution in [3.05, 3.63) is 47.5 Å². The van der Waals surface area contributed by atoms with E-state index in [2.05, 4.69) is 36.1 Å². The number of ketones is 1. The van der Waals surface area contributed by atoms with E-state index in [4.69, 9.17) is 14.6 Å². The number of fused-ring (bicyclic) bond motifs is 1. The zero-order valence-electron chi connectivity index (χ0n) is 17.3. The standard InChI is InChI=1S/C24H28N2O4/c1-18-17-26(18)23-5-2-4-20-8-7-19(15-22(20)23)14-21(16-25)24(28)6-3-10-29-12-13-30-11-9-27/h2,4-5,7-8,14-15,18,27H,3,6,9-13,17H2,1H3/b21-14+. The smallest absolute Gasteiger partial charge is 0.173 e. The van der Waals surface area contributed by atoms with Gasteiger partial charge in [-0.3, -0.25) is 4.79 Å². The fraction of sp³-hybridized carbons (Fsp3) is 0.417. The number of Topliss-reactive ketones (excluding diaryl/α,β-unsaturated/α-hetero) is 1. The molecule has 0 radical (unpaired) electrons. The summed E-state index contributed by atoms with van der Waals surface area (Å²) < 4.78 is 10.5. The van der Waals surface area contributed by atoms with E-state index in [9.17, 15) is 10.1 Å². The largest absolute Gasteiger partial charge is 0.394 e. The van der Waals surface area contributed by atoms with Crippen LogP contribution < -0.4 is 4.90 Å². The molecule has 1 atom stereocenters. The molecule has 0 bridgehead atoms. The number of anilines is 1. The minimum atomic E-state index is -0.175. The molecule has 1 heterocycles. The van der Waals surface area contributed by atoms with E-state index in [0.717, 1.165) is 22.9 Å². The van der Waals surface area contributed by atoms with Crippen LogP contribution in [0.3, 0.4) is 0 Å². The van der Waals surface area contributed by atoms with Gasteiger partial charge in [0, 0.05) is 36.7 Å². The highest BCUT2D eigenvalue weighted by molar-refractivity contribution is 6.04. The van der Waals surface area contributed by atoms with Crippen LogP contribution >= 0.6 is 0 Å². The summed E-state index contributed by atoms with van der Waals surface area (Å²) in [4.78, 5) is 14.8. The number of aliphatic hydroxyl groups is 1. The third kappa shape index (κ3) is 5.90. The highest BCUT2D eigenvalue weighted by Crippen LogP contribution is 2.34. The van der Waals surface area contributed by atoms with Gasteiger partial charge in [0.15, 0.2) is 5.78 Å². The molecule has 0 aliphatic carbocycles. The number of hydrogen-bond donors (Lipinski definition) is 1. The lowest BCUT2D eigenvalue weighted by molar-refractivity contribution is -0.115. The quantitative estimate of drug-likeness (QED) is 0.251. The number of nitriles is 1. The molecule has 1 N–H and O–H groups in total. The lowest BCUT2D eigenvalue weighted by Gasteiger charge is -2.10. The average molecular weight is 408 g/mol. The van der Waals surface area contributed by atoms with Gasteiger partial charge in [0.2, 0.25) is 0 Å². The van der Waals surface area contributed by atoms with Gasteiger partial charge in [-0.05, 0) is 42.5 Å². The molecule has 0 aromatic heterocycles. The van der Waals surface area contributed by atoms with Gasteiger partial charge in [0.1, 0.15) is 6.07 Å². The molecule has 30 heavy (non-hydrogen) atoms. The molecule has 1 aliphatic rings. The molecule has 1 fully saturated rings. The van der Waals surface area contributed by atoms with E-state index in [-0.39, 0.29) is 24.4 Å². The lowest BCUT2D eigenvalue weighted by Crippen LogP contribution is -2.09. The van der Waals surface area contributed by atoms with Crippen LogP contribution in [-0.2, 0) is 14.3 Å². The van der Waals surface area contributed by atoms with Gasteiger partial charge in [0.25, 0.3) is 0 Å². The van der Waals surface area contributed by atoms with Crippen LogP contribution in [0.5, 0.6) is 0 Å². The Labute approximate surface area is 177 Å². The minimum absolute atomic E-state index is 0.00628. The second kappa shape index (κ2) is 10.9. The maximum Gasteiger partial charge on any atom is 0.173 e. The van der Waals surface area contributed by atoms with Crippen LogP contribution in [-0.4, -0.2) is 56.5 Å². The fourth-order valence-electron chi connectivity index (χ4n) is 3.39. The third-order valence-electron chi connectivity index (χ3n) is 5.08. The first-order chi connectivity index (χ1) is 14.6. The molecule has 2 aromatic rings. The van der Waals surface area contributed by atoms with Crippen molar-refractivity contribution in [3.8, 4) is 6.07 Å². The Hall–Kier alpha value is -2.72. The third-order valence-corrected chi connectivity index (χ3v) is 5.08. The molecular formula is C24H28N2O4. The first-order valence-corrected chi connectivity index (χ1v) is 10.3. The van der Waals surface area contributed by atoms with Crippen LogP contribution in [0, 0.1) is 11.3 Å². The van der Waals surface area contributed by atoms with Gasteiger partial charge >= 0.3 is 0 Å². The molecule has 2 aromatic carbocycles. The summed E-state index contributed by atoms with van der Waals surface area (Å²) in [5.74, 6) is -0.175. The molecule has 6 heteroatoms. The molecule has 1 saturated heterocycles. The predicted octanol–water partition coefficient (Wildman–Crippen LogP) is 3.33. The predicted molar refractivity (Wildman–Crippen MR) is 117 cm³/mol. The van der Waals surface area contributed by atoms with Crippen molar-refractivity contribution in [1.82, 2.24) is 0 Å². The number of nitrogens with zero attached hydrogens (tertiary/aromatic N) is 2. The van der Waals surface area contributed by atoms with E-state index in [1.165, 1.54) is 5.69 Å². The van der Waals surface area contributed by atoms with Crippen molar-refractivity contribution >= 4 is 28.3 Å². The SMILES string of the molecule is CC1CN1c1cccc2ccc(/C=C(\C#N)C(=O)CCCOCCOCCO)cc12. The molecule has 6 nitrogen and oxygen atoms in total. The zero-order valence-corrected chi connectivity index (χ0v) is 17.3. The number of aliphatic hydroxyl groups excluding tert-OH is 1. The van der Waals surface area contributed by atoms with E-state index in [0.29, 0.717) is 38.9 Å². The molecule has 0 spiro atoms. The number of carbonyl (C=O) groups excluding carboxylic acids is 1. The van der Waals surface area contributed by atoms with Gasteiger partial charge in [-0.2, -0.15) is 5.26 Å². The van der Waals surface area contributed by atoms with E-state index < -0.39 is 0 Å². The van der Waals surface area contributed by atoms with E-state index in [1.54, 1.807) is 6.08 Å². The maximum atomic E-state index is 12.4. The highest BCUT2D eigenvalue weighted by Gasteiger charge is 2.30. The van der Waals surface area contributed by atoms with Crippen molar-refractivity contribution in [3.63, 3.8) is 0 Å². The second-order valence-corrected chi connectivity index (χ2v) is 7.40. The van der Waals surface area contributed by atoms with E-state index in [1.807, 2.05) is 18.2 Å². The van der Waals surface area contributed by atoms with Crippen LogP contribution in [0.2, 0.25) is 0 Å². The normalized spacial score (nSPS) is 16.0. The summed E-state index contributed by atoms with van der Waals surface area (Å²) >= 11 is 0. The second-order valence-electron chi connectivity index (χ2n) is 7.40. The Morgan fingerprint density at radius 3 is 2.70 bits per heavy atom. The van der Waals surface area contributed by atoms with Gasteiger partial charge in [-0.25, -0.2) is 0 Å². The summed E-state index contributed by atoms with van der Waals surface area (Å²) in [5, 5.41) is 20.4. The summed E-state index contributed by atoms with van der Waals surface area (Å²) in [6, 6.07) is 14.9. The molecule has 0 saturated carbocycles. The summed E-state index contributed by atoms with van der Waals surface area (Å²) in [6.07, 6.45) is 2.49. The minimum Gasteiger partial charge on any atom is -0.394 e. The van der Waals surface area contributed by atoms with Crippen LogP contribution in [0.25, 0.3) is 16.8 Å². The highest BCUT2D eigenvalue weighted by atomic mass is 16.5. The number of carbonyl (C=O) groups is 1. The van der Waals surface area contributed by atoms with Gasteiger partial charge in [-0.15, -0.1) is 0 Å². The molecule has 1 unspecified atom stereocenters. The van der Waals surface area contributed by atoms with Gasteiger partial charge < -0.3 is 19.5 Å². The van der Waals surface area contributed by atoms with Crippen LogP contribution in [0.4, 0.5) is 5.69 Å². The van der Waals surface area contributed by atoms with Crippen LogP contribution in [0.1, 0.15) is 25.3 Å². The van der Waals surface area contributed by atoms with Crippen molar-refractivity contribution in [2.24, 2.45) is 0 Å². The molecule has 3 rings (SSSR count). The molecule has 0 amide bonds. The summed E-state index contributed by atoms with van der Waals surface area (Å²) in [6.45, 7) is 4.80.